The molecule has 0 N–H and O–H groups in total. The normalized spacial score (nSPS) is 11.7. The summed E-state index contributed by atoms with van der Waals surface area (Å²) in [5, 5.41) is 2.83. The van der Waals surface area contributed by atoms with Crippen molar-refractivity contribution in [3.8, 4) is 0 Å². The molecule has 0 aliphatic rings. The summed E-state index contributed by atoms with van der Waals surface area (Å²) in [6, 6.07) is 19.1. The average Bonchev–Trinajstić information content (AvgIpc) is 3.04. The third-order valence-electron chi connectivity index (χ3n) is 8.97. The Morgan fingerprint density at radius 2 is 0.776 bits per heavy atom. The maximum absolute atomic E-state index is 11.8. The Morgan fingerprint density at radius 1 is 0.449 bits per heavy atom. The minimum Gasteiger partial charge on any atom is -0.744 e. The van der Waals surface area contributed by atoms with Crippen LogP contribution in [0.15, 0.2) is 70.5 Å². The van der Waals surface area contributed by atoms with Gasteiger partial charge < -0.3 is 9.11 Å². The average molecular weight is 735 g/mol. The minimum absolute atomic E-state index is 0. The quantitative estimate of drug-likeness (QED) is 0.0571. The molecule has 0 radical (unpaired) electrons. The van der Waals surface area contributed by atoms with Crippen LogP contribution in [-0.4, -0.2) is 63.7 Å². The first kappa shape index (κ1) is 43.6. The van der Waals surface area contributed by atoms with E-state index in [0.717, 1.165) is 75.0 Å². The van der Waals surface area contributed by atoms with Crippen LogP contribution in [0.2, 0.25) is 0 Å². The second-order valence-corrected chi connectivity index (χ2v) is 15.6. The van der Waals surface area contributed by atoms with Crippen molar-refractivity contribution in [3.05, 3.63) is 82.9 Å². The number of aryl methyl sites for hydroxylation is 4. The van der Waals surface area contributed by atoms with Crippen LogP contribution in [0.5, 0.6) is 0 Å². The van der Waals surface area contributed by atoms with Gasteiger partial charge >= 0.3 is 37.7 Å². The van der Waals surface area contributed by atoms with Gasteiger partial charge in [-0.1, -0.05) is 140 Å². The fraction of sp³-hybridized carbons (Fsp3) is 0.500. The predicted octanol–water partition coefficient (Wildman–Crippen LogP) is 10.0. The van der Waals surface area contributed by atoms with Crippen LogP contribution in [0.1, 0.15) is 127 Å². The van der Waals surface area contributed by atoms with Crippen LogP contribution in [0, 0.1) is 0 Å². The molecule has 0 atom stereocenters. The smallest absolute Gasteiger partial charge is 0.744 e. The molecule has 264 valence electrons. The maximum atomic E-state index is 11.8. The van der Waals surface area contributed by atoms with E-state index < -0.39 is 20.2 Å². The molecule has 0 aliphatic carbocycles. The molecule has 0 saturated carbocycles. The molecular formula is C40H54CaO6S2. The molecule has 0 saturated heterocycles. The van der Waals surface area contributed by atoms with E-state index in [1.807, 2.05) is 60.7 Å². The van der Waals surface area contributed by atoms with Crippen LogP contribution in [0.25, 0.3) is 21.5 Å². The van der Waals surface area contributed by atoms with Gasteiger partial charge in [-0.2, -0.15) is 0 Å². The van der Waals surface area contributed by atoms with Gasteiger partial charge in [-0.3, -0.25) is 0 Å². The molecule has 4 aromatic carbocycles. The first-order valence-electron chi connectivity index (χ1n) is 17.9. The molecule has 0 bridgehead atoms. The molecule has 4 aromatic rings. The van der Waals surface area contributed by atoms with E-state index in [-0.39, 0.29) is 47.5 Å². The fourth-order valence-corrected chi connectivity index (χ4v) is 8.27. The first-order chi connectivity index (χ1) is 22.9. The summed E-state index contributed by atoms with van der Waals surface area (Å²) in [6.07, 6.45) is 16.2. The van der Waals surface area contributed by atoms with Gasteiger partial charge in [0.15, 0.2) is 0 Å². The summed E-state index contributed by atoms with van der Waals surface area (Å²) < 4.78 is 71.0. The van der Waals surface area contributed by atoms with E-state index in [1.54, 1.807) is 0 Å². The third-order valence-corrected chi connectivity index (χ3v) is 10.9. The maximum Gasteiger partial charge on any atom is 2.00 e. The Bertz CT molecular complexity index is 1700. The molecular weight excluding hydrogens is 681 g/mol. The van der Waals surface area contributed by atoms with E-state index in [4.69, 9.17) is 0 Å². The van der Waals surface area contributed by atoms with Crippen LogP contribution in [0.3, 0.4) is 0 Å². The molecule has 49 heavy (non-hydrogen) atoms. The third kappa shape index (κ3) is 13.5. The zero-order valence-electron chi connectivity index (χ0n) is 30.1. The molecule has 9 heteroatoms. The molecule has 0 amide bonds. The van der Waals surface area contributed by atoms with Gasteiger partial charge in [0.2, 0.25) is 0 Å². The number of benzene rings is 4. The van der Waals surface area contributed by atoms with Crippen LogP contribution < -0.4 is 0 Å². The molecule has 0 unspecified atom stereocenters. The Morgan fingerprint density at radius 3 is 1.08 bits per heavy atom. The molecule has 0 heterocycles. The summed E-state index contributed by atoms with van der Waals surface area (Å²) in [6.45, 7) is 8.55. The van der Waals surface area contributed by atoms with Crippen molar-refractivity contribution in [2.75, 3.05) is 0 Å². The molecule has 4 rings (SSSR count). The van der Waals surface area contributed by atoms with Crippen molar-refractivity contribution in [2.45, 2.75) is 140 Å². The number of hydrogen-bond donors (Lipinski definition) is 0. The van der Waals surface area contributed by atoms with Crippen LogP contribution >= 0.6 is 0 Å². The van der Waals surface area contributed by atoms with Gasteiger partial charge in [-0.25, -0.2) is 16.8 Å². The summed E-state index contributed by atoms with van der Waals surface area (Å²) in [4.78, 5) is -0.0348. The number of hydrogen-bond acceptors (Lipinski definition) is 6. The van der Waals surface area contributed by atoms with Crippen molar-refractivity contribution in [3.63, 3.8) is 0 Å². The summed E-state index contributed by atoms with van der Waals surface area (Å²) in [5.41, 5.74) is 3.71. The second-order valence-electron chi connectivity index (χ2n) is 13.0. The zero-order chi connectivity index (χ0) is 35.2. The molecule has 0 fully saturated rings. The van der Waals surface area contributed by atoms with Gasteiger partial charge in [0.25, 0.3) is 0 Å². The molecule has 6 nitrogen and oxygen atoms in total. The van der Waals surface area contributed by atoms with Crippen molar-refractivity contribution >= 4 is 79.5 Å². The topological polar surface area (TPSA) is 114 Å². The van der Waals surface area contributed by atoms with Crippen LogP contribution in [0.4, 0.5) is 0 Å². The second kappa shape index (κ2) is 21.8. The largest absolute Gasteiger partial charge is 2.00 e. The summed E-state index contributed by atoms with van der Waals surface area (Å²) >= 11 is 0. The molecule has 0 aromatic heterocycles. The standard InChI is InChI=1S/2C20H28O3S.Ca/c2*1-3-5-7-9-16-11-14-19-18(15-16)13-12-17(10-8-6-4-2)20(19)24(21,22)23;/h2*11-15H,3-10H2,1-2H3,(H,21,22,23);/q;;+2/p-2. The van der Waals surface area contributed by atoms with Gasteiger partial charge in [-0.05, 0) is 95.2 Å². The Labute approximate surface area is 326 Å². The first-order valence-corrected chi connectivity index (χ1v) is 20.8. The fourth-order valence-electron chi connectivity index (χ4n) is 6.38. The van der Waals surface area contributed by atoms with Gasteiger partial charge in [-0.15, -0.1) is 0 Å². The van der Waals surface area contributed by atoms with E-state index in [0.29, 0.717) is 34.7 Å². The number of unbranched alkanes of at least 4 members (excludes halogenated alkanes) is 8. The number of rotatable bonds is 18. The summed E-state index contributed by atoms with van der Waals surface area (Å²) in [7, 11) is -8.96. The van der Waals surface area contributed by atoms with Crippen molar-refractivity contribution in [2.24, 2.45) is 0 Å². The van der Waals surface area contributed by atoms with Crippen LogP contribution in [-0.2, 0) is 45.9 Å². The molecule has 0 spiro atoms. The van der Waals surface area contributed by atoms with E-state index in [9.17, 15) is 25.9 Å². The summed E-state index contributed by atoms with van der Waals surface area (Å²) in [5.74, 6) is 0. The van der Waals surface area contributed by atoms with Crippen molar-refractivity contribution < 1.29 is 25.9 Å². The molecule has 0 aliphatic heterocycles. The SMILES string of the molecule is CCCCCc1ccc2c(S(=O)(=O)[O-])c(CCCCC)ccc2c1.CCCCCc1ccc2c(S(=O)(=O)[O-])c(CCCCC)ccc2c1.[Ca+2]. The Balaban J connectivity index is 0.000000333. The van der Waals surface area contributed by atoms with E-state index in [2.05, 4.69) is 27.7 Å². The monoisotopic (exact) mass is 734 g/mol. The van der Waals surface area contributed by atoms with Crippen molar-refractivity contribution in [1.29, 1.82) is 0 Å². The van der Waals surface area contributed by atoms with Crippen molar-refractivity contribution in [1.82, 2.24) is 0 Å². The zero-order valence-corrected chi connectivity index (χ0v) is 33.9. The minimum atomic E-state index is -4.48. The van der Waals surface area contributed by atoms with Gasteiger partial charge in [0, 0.05) is 0 Å². The number of fused-ring (bicyclic) bond motifs is 2. The van der Waals surface area contributed by atoms with E-state index in [1.165, 1.54) is 36.8 Å². The predicted molar refractivity (Wildman–Crippen MR) is 202 cm³/mol. The Kier molecular flexibility index (Phi) is 19.4. The Hall–Kier alpha value is -1.52. The van der Waals surface area contributed by atoms with Gasteiger partial charge in [0.1, 0.15) is 20.2 Å². The van der Waals surface area contributed by atoms with Gasteiger partial charge in [0.05, 0.1) is 9.79 Å². The van der Waals surface area contributed by atoms with E-state index >= 15 is 0 Å².